The molecule has 0 aliphatic rings. The third-order valence-corrected chi connectivity index (χ3v) is 5.32. The summed E-state index contributed by atoms with van der Waals surface area (Å²) in [6, 6.07) is 9.00. The molecular formula is C18H22FNO4S. The average molecular weight is 367 g/mol. The van der Waals surface area contributed by atoms with E-state index in [0.29, 0.717) is 11.3 Å². The Balaban J connectivity index is 2.21. The highest BCUT2D eigenvalue weighted by Gasteiger charge is 2.20. The second-order valence-corrected chi connectivity index (χ2v) is 7.49. The third-order valence-electron chi connectivity index (χ3n) is 3.91. The number of ether oxygens (including phenoxy) is 2. The van der Waals surface area contributed by atoms with Crippen molar-refractivity contribution in [1.29, 1.82) is 0 Å². The van der Waals surface area contributed by atoms with Gasteiger partial charge in [-0.3, -0.25) is 0 Å². The van der Waals surface area contributed by atoms with E-state index < -0.39 is 21.9 Å². The lowest BCUT2D eigenvalue weighted by molar-refractivity contribution is 0.107. The van der Waals surface area contributed by atoms with Gasteiger partial charge in [-0.25, -0.2) is 17.5 Å². The zero-order chi connectivity index (χ0) is 18.6. The number of methoxy groups -OCH3 is 2. The molecule has 1 unspecified atom stereocenters. The van der Waals surface area contributed by atoms with Crippen LogP contribution in [0, 0.1) is 19.7 Å². The maximum atomic E-state index is 13.4. The van der Waals surface area contributed by atoms with Gasteiger partial charge in [-0.2, -0.15) is 0 Å². The highest BCUT2D eigenvalue weighted by atomic mass is 32.2. The summed E-state index contributed by atoms with van der Waals surface area (Å²) in [4.78, 5) is 0.150. The number of hydrogen-bond donors (Lipinski definition) is 1. The van der Waals surface area contributed by atoms with E-state index in [0.717, 1.165) is 11.1 Å². The molecule has 0 aromatic heterocycles. The van der Waals surface area contributed by atoms with Crippen LogP contribution in [0.15, 0.2) is 41.3 Å². The van der Waals surface area contributed by atoms with Crippen molar-refractivity contribution in [2.24, 2.45) is 0 Å². The van der Waals surface area contributed by atoms with Crippen LogP contribution in [-0.2, 0) is 14.8 Å². The van der Waals surface area contributed by atoms with Crippen molar-refractivity contribution >= 4 is 10.0 Å². The lowest BCUT2D eigenvalue weighted by atomic mass is 10.1. The third kappa shape index (κ3) is 4.56. The van der Waals surface area contributed by atoms with E-state index in [1.54, 1.807) is 45.2 Å². The zero-order valence-electron chi connectivity index (χ0n) is 14.7. The Bertz CT molecular complexity index is 829. The van der Waals surface area contributed by atoms with Gasteiger partial charge >= 0.3 is 0 Å². The van der Waals surface area contributed by atoms with Gasteiger partial charge in [-0.1, -0.05) is 12.1 Å². The fraction of sp³-hybridized carbons (Fsp3) is 0.333. The maximum absolute atomic E-state index is 13.4. The minimum absolute atomic E-state index is 0.00753. The van der Waals surface area contributed by atoms with Gasteiger partial charge in [0, 0.05) is 13.7 Å². The van der Waals surface area contributed by atoms with Gasteiger partial charge in [0.15, 0.2) is 0 Å². The molecule has 0 spiro atoms. The van der Waals surface area contributed by atoms with Crippen LogP contribution in [0.1, 0.15) is 22.8 Å². The van der Waals surface area contributed by atoms with Gasteiger partial charge in [0.05, 0.1) is 18.1 Å². The van der Waals surface area contributed by atoms with Gasteiger partial charge in [-0.15, -0.1) is 0 Å². The van der Waals surface area contributed by atoms with Crippen molar-refractivity contribution in [2.45, 2.75) is 24.8 Å². The second-order valence-electron chi connectivity index (χ2n) is 5.72. The minimum atomic E-state index is -3.73. The Morgan fingerprint density at radius 2 is 1.76 bits per heavy atom. The van der Waals surface area contributed by atoms with E-state index in [9.17, 15) is 12.8 Å². The molecule has 2 aromatic carbocycles. The van der Waals surface area contributed by atoms with Crippen LogP contribution >= 0.6 is 0 Å². The molecule has 1 N–H and O–H groups in total. The minimum Gasteiger partial charge on any atom is -0.496 e. The van der Waals surface area contributed by atoms with Crippen LogP contribution in [-0.4, -0.2) is 29.2 Å². The molecule has 25 heavy (non-hydrogen) atoms. The normalized spacial score (nSPS) is 12.8. The summed E-state index contributed by atoms with van der Waals surface area (Å²) in [5.41, 5.74) is 2.03. The standard InChI is InChI=1S/C18H22FNO4S/c1-12-8-16(9-13(2)18(12)24-4)25(21,22)20-11-17(23-3)14-6-5-7-15(19)10-14/h5-10,17,20H,11H2,1-4H3. The molecule has 0 heterocycles. The molecule has 5 nitrogen and oxygen atoms in total. The molecule has 2 rings (SSSR count). The van der Waals surface area contributed by atoms with Crippen LogP contribution in [0.3, 0.4) is 0 Å². The quantitative estimate of drug-likeness (QED) is 0.817. The second kappa shape index (κ2) is 7.95. The Morgan fingerprint density at radius 1 is 1.12 bits per heavy atom. The SMILES string of the molecule is COc1c(C)cc(S(=O)(=O)NCC(OC)c2cccc(F)c2)cc1C. The first-order valence-corrected chi connectivity index (χ1v) is 9.20. The van der Waals surface area contributed by atoms with Crippen LogP contribution in [0.2, 0.25) is 0 Å². The number of halogens is 1. The Morgan fingerprint density at radius 3 is 2.28 bits per heavy atom. The topological polar surface area (TPSA) is 64.6 Å². The molecule has 0 fully saturated rings. The fourth-order valence-corrected chi connectivity index (χ4v) is 3.90. The van der Waals surface area contributed by atoms with Crippen LogP contribution in [0.4, 0.5) is 4.39 Å². The molecule has 2 aromatic rings. The number of rotatable bonds is 7. The summed E-state index contributed by atoms with van der Waals surface area (Å²) in [7, 11) is -0.737. The van der Waals surface area contributed by atoms with Crippen LogP contribution in [0.5, 0.6) is 5.75 Å². The molecule has 0 saturated carbocycles. The first-order chi connectivity index (χ1) is 11.8. The summed E-state index contributed by atoms with van der Waals surface area (Å²) >= 11 is 0. The largest absolute Gasteiger partial charge is 0.496 e. The zero-order valence-corrected chi connectivity index (χ0v) is 15.5. The number of nitrogens with one attached hydrogen (secondary N) is 1. The number of aryl methyl sites for hydroxylation is 2. The summed E-state index contributed by atoms with van der Waals surface area (Å²) in [5, 5.41) is 0. The molecule has 0 radical (unpaired) electrons. The van der Waals surface area contributed by atoms with Gasteiger partial charge in [0.25, 0.3) is 0 Å². The lowest BCUT2D eigenvalue weighted by Crippen LogP contribution is -2.29. The number of sulfonamides is 1. The van der Waals surface area contributed by atoms with Crippen molar-refractivity contribution in [3.8, 4) is 5.75 Å². The van der Waals surface area contributed by atoms with Crippen LogP contribution in [0.25, 0.3) is 0 Å². The van der Waals surface area contributed by atoms with Crippen LogP contribution < -0.4 is 9.46 Å². The summed E-state index contributed by atoms with van der Waals surface area (Å²) in [6.07, 6.45) is -0.592. The van der Waals surface area contributed by atoms with Crippen molar-refractivity contribution in [3.05, 3.63) is 58.9 Å². The van der Waals surface area contributed by atoms with E-state index in [1.165, 1.54) is 19.2 Å². The fourth-order valence-electron chi connectivity index (χ4n) is 2.70. The first kappa shape index (κ1) is 19.4. The van der Waals surface area contributed by atoms with Crippen molar-refractivity contribution < 1.29 is 22.3 Å². The van der Waals surface area contributed by atoms with E-state index in [-0.39, 0.29) is 11.4 Å². The predicted octanol–water partition coefficient (Wildman–Crippen LogP) is 3.12. The van der Waals surface area contributed by atoms with Gasteiger partial charge in [0.1, 0.15) is 11.6 Å². The molecule has 0 saturated heterocycles. The van der Waals surface area contributed by atoms with Crippen molar-refractivity contribution in [1.82, 2.24) is 4.72 Å². The molecule has 0 bridgehead atoms. The molecule has 136 valence electrons. The lowest BCUT2D eigenvalue weighted by Gasteiger charge is -2.17. The van der Waals surface area contributed by atoms with Gasteiger partial charge < -0.3 is 9.47 Å². The van der Waals surface area contributed by atoms with E-state index in [4.69, 9.17) is 9.47 Å². The first-order valence-electron chi connectivity index (χ1n) is 7.71. The predicted molar refractivity (Wildman–Crippen MR) is 93.8 cm³/mol. The van der Waals surface area contributed by atoms with E-state index >= 15 is 0 Å². The molecule has 1 atom stereocenters. The van der Waals surface area contributed by atoms with Gasteiger partial charge in [-0.05, 0) is 54.8 Å². The van der Waals surface area contributed by atoms with E-state index in [2.05, 4.69) is 4.72 Å². The van der Waals surface area contributed by atoms with Crippen molar-refractivity contribution in [2.75, 3.05) is 20.8 Å². The molecular weight excluding hydrogens is 345 g/mol. The monoisotopic (exact) mass is 367 g/mol. The number of benzene rings is 2. The molecule has 0 aliphatic heterocycles. The number of hydrogen-bond acceptors (Lipinski definition) is 4. The summed E-state index contributed by atoms with van der Waals surface area (Å²) in [5.74, 6) is 0.261. The van der Waals surface area contributed by atoms with Crippen molar-refractivity contribution in [3.63, 3.8) is 0 Å². The Labute approximate surface area is 147 Å². The highest BCUT2D eigenvalue weighted by molar-refractivity contribution is 7.89. The Kier molecular flexibility index (Phi) is 6.16. The molecule has 0 aliphatic carbocycles. The average Bonchev–Trinajstić information content (AvgIpc) is 2.55. The summed E-state index contributed by atoms with van der Waals surface area (Å²) in [6.45, 7) is 3.57. The smallest absolute Gasteiger partial charge is 0.240 e. The highest BCUT2D eigenvalue weighted by Crippen LogP contribution is 2.26. The molecule has 0 amide bonds. The maximum Gasteiger partial charge on any atom is 0.240 e. The summed E-state index contributed by atoms with van der Waals surface area (Å²) < 4.78 is 51.6. The molecule has 7 heteroatoms. The van der Waals surface area contributed by atoms with Gasteiger partial charge in [0.2, 0.25) is 10.0 Å². The van der Waals surface area contributed by atoms with E-state index in [1.807, 2.05) is 0 Å². The Hall–Kier alpha value is -1.96.